The molecule has 0 saturated carbocycles. The van der Waals surface area contributed by atoms with E-state index in [0.29, 0.717) is 0 Å². The standard InChI is InChI=1S/C71H43N/c1-2-22-48(23-3-1)72-65-36-17-14-28-53(65)61-42-47(38-40-66(61)72)68-57-32-10-8-30-55(57)67(56-31-9-11-33-58(56)68)46-21-18-20-45(41-46)60-43-64-69(54-29-7-6-25-50(54)60)59-39-37-44-19-4-5-24-49(44)70(59)71(64)62-34-15-12-26-51(62)52-27-13-16-35-63(52)71/h1-43H. The maximum absolute atomic E-state index is 2.58. The van der Waals surface area contributed by atoms with Gasteiger partial charge in [-0.25, -0.2) is 0 Å². The van der Waals surface area contributed by atoms with Crippen LogP contribution in [-0.2, 0) is 5.41 Å². The molecule has 0 unspecified atom stereocenters. The first-order valence-corrected chi connectivity index (χ1v) is 25.2. The van der Waals surface area contributed by atoms with Gasteiger partial charge < -0.3 is 4.57 Å². The summed E-state index contributed by atoms with van der Waals surface area (Å²) in [5.41, 5.74) is 21.2. The van der Waals surface area contributed by atoms with Gasteiger partial charge in [-0.3, -0.25) is 0 Å². The summed E-state index contributed by atoms with van der Waals surface area (Å²) in [6.07, 6.45) is 0. The van der Waals surface area contributed by atoms with Crippen LogP contribution in [0.4, 0.5) is 0 Å². The van der Waals surface area contributed by atoms with Gasteiger partial charge in [0, 0.05) is 16.5 Å². The fourth-order valence-electron chi connectivity index (χ4n) is 13.6. The number of nitrogens with zero attached hydrogens (tertiary/aromatic N) is 1. The second-order valence-electron chi connectivity index (χ2n) is 19.8. The molecule has 0 fully saturated rings. The maximum Gasteiger partial charge on any atom is 0.0731 e. The number of hydrogen-bond acceptors (Lipinski definition) is 0. The molecule has 16 rings (SSSR count). The third-order valence-corrected chi connectivity index (χ3v) is 16.3. The van der Waals surface area contributed by atoms with Gasteiger partial charge >= 0.3 is 0 Å². The van der Waals surface area contributed by atoms with E-state index in [1.807, 2.05) is 0 Å². The molecule has 0 radical (unpaired) electrons. The average molecular weight is 910 g/mol. The second-order valence-corrected chi connectivity index (χ2v) is 19.8. The van der Waals surface area contributed by atoms with Crippen molar-refractivity contribution in [3.05, 3.63) is 283 Å². The highest BCUT2D eigenvalue weighted by Crippen LogP contribution is 2.65. The first-order valence-electron chi connectivity index (χ1n) is 25.2. The van der Waals surface area contributed by atoms with Crippen LogP contribution in [0.15, 0.2) is 261 Å². The lowest BCUT2D eigenvalue weighted by Crippen LogP contribution is -2.26. The minimum Gasteiger partial charge on any atom is -0.309 e. The summed E-state index contributed by atoms with van der Waals surface area (Å²) in [4.78, 5) is 0. The van der Waals surface area contributed by atoms with E-state index in [1.54, 1.807) is 0 Å². The molecule has 13 aromatic carbocycles. The maximum atomic E-state index is 2.58. The predicted octanol–water partition coefficient (Wildman–Crippen LogP) is 18.7. The van der Waals surface area contributed by atoms with E-state index in [2.05, 4.69) is 265 Å². The molecule has 0 N–H and O–H groups in total. The number of rotatable bonds is 4. The Morgan fingerprint density at radius 2 is 0.764 bits per heavy atom. The molecule has 0 bridgehead atoms. The number of aromatic nitrogens is 1. The number of hydrogen-bond donors (Lipinski definition) is 0. The molecule has 1 nitrogen and oxygen atoms in total. The zero-order chi connectivity index (χ0) is 47.1. The molecule has 1 heterocycles. The normalized spacial score (nSPS) is 13.1. The number of para-hydroxylation sites is 2. The van der Waals surface area contributed by atoms with Crippen molar-refractivity contribution in [3.63, 3.8) is 0 Å². The van der Waals surface area contributed by atoms with Crippen molar-refractivity contribution >= 4 is 64.9 Å². The Kier molecular flexibility index (Phi) is 8.16. The Balaban J connectivity index is 0.936. The fraction of sp³-hybridized carbons (Fsp3) is 0.0141. The first kappa shape index (κ1) is 39.5. The van der Waals surface area contributed by atoms with Crippen molar-refractivity contribution in [2.45, 2.75) is 5.41 Å². The molecular weight excluding hydrogens is 867 g/mol. The first-order chi connectivity index (χ1) is 35.8. The van der Waals surface area contributed by atoms with Crippen LogP contribution in [0.3, 0.4) is 0 Å². The lowest BCUT2D eigenvalue weighted by atomic mass is 9.69. The van der Waals surface area contributed by atoms with Gasteiger partial charge in [-0.2, -0.15) is 0 Å². The molecule has 1 spiro atoms. The monoisotopic (exact) mass is 909 g/mol. The van der Waals surface area contributed by atoms with Crippen molar-refractivity contribution in [1.29, 1.82) is 0 Å². The van der Waals surface area contributed by atoms with E-state index in [1.165, 1.54) is 148 Å². The molecule has 14 aromatic rings. The van der Waals surface area contributed by atoms with Gasteiger partial charge in [0.05, 0.1) is 16.4 Å². The molecule has 2 aliphatic carbocycles. The van der Waals surface area contributed by atoms with Gasteiger partial charge in [-0.1, -0.05) is 218 Å². The van der Waals surface area contributed by atoms with Crippen molar-refractivity contribution in [2.75, 3.05) is 0 Å². The smallest absolute Gasteiger partial charge is 0.0731 e. The van der Waals surface area contributed by atoms with Crippen LogP contribution >= 0.6 is 0 Å². The second kappa shape index (κ2) is 14.9. The molecule has 332 valence electrons. The van der Waals surface area contributed by atoms with Gasteiger partial charge in [0.25, 0.3) is 0 Å². The quantitative estimate of drug-likeness (QED) is 0.155. The van der Waals surface area contributed by atoms with Crippen LogP contribution in [0.2, 0.25) is 0 Å². The molecule has 1 aromatic heterocycles. The Morgan fingerprint density at radius 3 is 1.44 bits per heavy atom. The Bertz CT molecular complexity index is 4520. The Labute approximate surface area is 417 Å². The van der Waals surface area contributed by atoms with Crippen molar-refractivity contribution in [1.82, 2.24) is 4.57 Å². The molecule has 0 atom stereocenters. The zero-order valence-corrected chi connectivity index (χ0v) is 39.3. The Hall–Kier alpha value is -9.30. The van der Waals surface area contributed by atoms with Gasteiger partial charge in [-0.05, 0) is 163 Å². The third-order valence-electron chi connectivity index (χ3n) is 16.3. The van der Waals surface area contributed by atoms with E-state index in [4.69, 9.17) is 0 Å². The number of fused-ring (bicyclic) bond motifs is 19. The molecule has 72 heavy (non-hydrogen) atoms. The average Bonchev–Trinajstić information content (AvgIpc) is 4.06. The van der Waals surface area contributed by atoms with Crippen LogP contribution < -0.4 is 0 Å². The van der Waals surface area contributed by atoms with Gasteiger partial charge in [0.2, 0.25) is 0 Å². The van der Waals surface area contributed by atoms with Crippen molar-refractivity contribution < 1.29 is 0 Å². The van der Waals surface area contributed by atoms with Gasteiger partial charge in [0.1, 0.15) is 0 Å². The lowest BCUT2D eigenvalue weighted by molar-refractivity contribution is 0.802. The van der Waals surface area contributed by atoms with Crippen LogP contribution in [0.1, 0.15) is 22.3 Å². The van der Waals surface area contributed by atoms with Gasteiger partial charge in [0.15, 0.2) is 0 Å². The summed E-state index contributed by atoms with van der Waals surface area (Å²) in [6.45, 7) is 0. The molecule has 2 aliphatic rings. The van der Waals surface area contributed by atoms with Crippen LogP contribution in [0.25, 0.3) is 126 Å². The van der Waals surface area contributed by atoms with Crippen molar-refractivity contribution in [3.8, 4) is 61.3 Å². The Morgan fingerprint density at radius 1 is 0.250 bits per heavy atom. The highest BCUT2D eigenvalue weighted by atomic mass is 15.0. The molecule has 0 amide bonds. The van der Waals surface area contributed by atoms with Crippen LogP contribution in [0, 0.1) is 0 Å². The summed E-state index contributed by atoms with van der Waals surface area (Å²) in [5.74, 6) is 0. The highest BCUT2D eigenvalue weighted by Gasteiger charge is 2.53. The van der Waals surface area contributed by atoms with E-state index in [-0.39, 0.29) is 0 Å². The number of benzene rings is 13. The summed E-state index contributed by atoms with van der Waals surface area (Å²) < 4.78 is 2.40. The van der Waals surface area contributed by atoms with Gasteiger partial charge in [-0.15, -0.1) is 0 Å². The largest absolute Gasteiger partial charge is 0.309 e. The minimum absolute atomic E-state index is 0.503. The SMILES string of the molecule is c1ccc(-n2c3ccccc3c3cc(-c4c5ccccc5c(-c5cccc(-c6cc7c(c8ccccc68)-c6ccc8ccccc8c6C76c7ccccc7-c7ccccc76)c5)c5ccccc45)ccc32)cc1. The summed E-state index contributed by atoms with van der Waals surface area (Å²) >= 11 is 0. The van der Waals surface area contributed by atoms with Crippen molar-refractivity contribution in [2.24, 2.45) is 0 Å². The molecule has 0 aliphatic heterocycles. The van der Waals surface area contributed by atoms with E-state index in [9.17, 15) is 0 Å². The highest BCUT2D eigenvalue weighted by molar-refractivity contribution is 6.23. The van der Waals surface area contributed by atoms with E-state index in [0.717, 1.165) is 0 Å². The predicted molar refractivity (Wildman–Crippen MR) is 303 cm³/mol. The zero-order valence-electron chi connectivity index (χ0n) is 39.3. The molecular formula is C71H43N. The summed E-state index contributed by atoms with van der Waals surface area (Å²) in [6, 6.07) is 98.0. The van der Waals surface area contributed by atoms with Crippen LogP contribution in [-0.4, -0.2) is 4.57 Å². The molecule has 0 saturated heterocycles. The van der Waals surface area contributed by atoms with Crippen LogP contribution in [0.5, 0.6) is 0 Å². The third kappa shape index (κ3) is 5.21. The topological polar surface area (TPSA) is 4.93 Å². The minimum atomic E-state index is -0.503. The summed E-state index contributed by atoms with van der Waals surface area (Å²) in [7, 11) is 0. The molecule has 1 heteroatoms. The van der Waals surface area contributed by atoms with E-state index >= 15 is 0 Å². The fourth-order valence-corrected chi connectivity index (χ4v) is 13.6. The summed E-state index contributed by atoms with van der Waals surface area (Å²) in [5, 5.41) is 12.6. The van der Waals surface area contributed by atoms with E-state index < -0.39 is 5.41 Å². The lowest BCUT2D eigenvalue weighted by Gasteiger charge is -2.32.